The zero-order valence-electron chi connectivity index (χ0n) is 10.9. The first-order valence-corrected chi connectivity index (χ1v) is 8.63. The molecule has 0 bridgehead atoms. The van der Waals surface area contributed by atoms with Crippen molar-refractivity contribution in [2.75, 3.05) is 25.4 Å². The summed E-state index contributed by atoms with van der Waals surface area (Å²) >= 11 is 0. The van der Waals surface area contributed by atoms with Gasteiger partial charge >= 0.3 is 0 Å². The van der Waals surface area contributed by atoms with E-state index in [0.29, 0.717) is 19.3 Å². The van der Waals surface area contributed by atoms with Crippen LogP contribution >= 0.6 is 0 Å². The van der Waals surface area contributed by atoms with Gasteiger partial charge in [0.15, 0.2) is 0 Å². The van der Waals surface area contributed by atoms with Crippen molar-refractivity contribution in [3.63, 3.8) is 0 Å². The van der Waals surface area contributed by atoms with Gasteiger partial charge in [0.05, 0.1) is 18.5 Å². The van der Waals surface area contributed by atoms with Gasteiger partial charge in [0, 0.05) is 12.6 Å². The van der Waals surface area contributed by atoms with Gasteiger partial charge in [0.2, 0.25) is 10.0 Å². The molecule has 2 fully saturated rings. The fourth-order valence-corrected chi connectivity index (χ4v) is 4.03. The predicted octanol–water partition coefficient (Wildman–Crippen LogP) is 0.617. The van der Waals surface area contributed by atoms with Crippen LogP contribution in [0.1, 0.15) is 38.5 Å². The Labute approximate surface area is 110 Å². The molecule has 0 aromatic heterocycles. The standard InChI is InChI=1S/C12H24N2O3S/c15-18(16,10-11-4-3-7-13-11)14-8-9-17-12-5-1-2-6-12/h11-14H,1-10H2. The Kier molecular flexibility index (Phi) is 5.41. The minimum Gasteiger partial charge on any atom is -0.377 e. The van der Waals surface area contributed by atoms with E-state index in [2.05, 4.69) is 10.0 Å². The largest absolute Gasteiger partial charge is 0.377 e. The summed E-state index contributed by atoms with van der Waals surface area (Å²) in [5.74, 6) is 0.191. The molecular formula is C12H24N2O3S. The van der Waals surface area contributed by atoms with E-state index in [1.807, 2.05) is 0 Å². The molecule has 0 aromatic carbocycles. The van der Waals surface area contributed by atoms with Crippen LogP contribution in [0.3, 0.4) is 0 Å². The molecule has 18 heavy (non-hydrogen) atoms. The third kappa shape index (κ3) is 4.84. The van der Waals surface area contributed by atoms with Crippen LogP contribution in [0.2, 0.25) is 0 Å². The van der Waals surface area contributed by atoms with Crippen molar-refractivity contribution in [1.29, 1.82) is 0 Å². The molecule has 1 heterocycles. The van der Waals surface area contributed by atoms with Gasteiger partial charge in [-0.15, -0.1) is 0 Å². The van der Waals surface area contributed by atoms with Crippen LogP contribution < -0.4 is 10.0 Å². The SMILES string of the molecule is O=S(=O)(CC1CCCN1)NCCOC1CCCC1. The zero-order valence-corrected chi connectivity index (χ0v) is 11.7. The average Bonchev–Trinajstić information content (AvgIpc) is 2.96. The second-order valence-corrected chi connectivity index (χ2v) is 7.10. The average molecular weight is 276 g/mol. The van der Waals surface area contributed by atoms with E-state index in [4.69, 9.17) is 4.74 Å². The summed E-state index contributed by atoms with van der Waals surface area (Å²) in [7, 11) is -3.15. The molecule has 1 aliphatic carbocycles. The Bertz CT molecular complexity index is 333. The first kappa shape index (κ1) is 14.2. The van der Waals surface area contributed by atoms with E-state index in [9.17, 15) is 8.42 Å². The van der Waals surface area contributed by atoms with Gasteiger partial charge in [-0.05, 0) is 32.2 Å². The lowest BCUT2D eigenvalue weighted by atomic mass is 10.3. The number of sulfonamides is 1. The topological polar surface area (TPSA) is 67.4 Å². The van der Waals surface area contributed by atoms with Crippen molar-refractivity contribution < 1.29 is 13.2 Å². The molecule has 2 N–H and O–H groups in total. The second-order valence-electron chi connectivity index (χ2n) is 5.25. The van der Waals surface area contributed by atoms with Gasteiger partial charge in [-0.2, -0.15) is 0 Å². The van der Waals surface area contributed by atoms with Crippen LogP contribution in [-0.4, -0.2) is 46.0 Å². The zero-order chi connectivity index (χ0) is 12.8. The highest BCUT2D eigenvalue weighted by atomic mass is 32.2. The molecule has 5 nitrogen and oxygen atoms in total. The predicted molar refractivity (Wildman–Crippen MR) is 71.0 cm³/mol. The molecule has 6 heteroatoms. The smallest absolute Gasteiger partial charge is 0.213 e. The van der Waals surface area contributed by atoms with E-state index >= 15 is 0 Å². The molecule has 1 aliphatic heterocycles. The van der Waals surface area contributed by atoms with Crippen LogP contribution in [0.15, 0.2) is 0 Å². The lowest BCUT2D eigenvalue weighted by Crippen LogP contribution is -2.38. The van der Waals surface area contributed by atoms with E-state index in [0.717, 1.165) is 32.2 Å². The minimum atomic E-state index is -3.15. The number of rotatable bonds is 7. The van der Waals surface area contributed by atoms with Crippen molar-refractivity contribution in [1.82, 2.24) is 10.0 Å². The van der Waals surface area contributed by atoms with Crippen molar-refractivity contribution in [3.05, 3.63) is 0 Å². The molecular weight excluding hydrogens is 252 g/mol. The summed E-state index contributed by atoms with van der Waals surface area (Å²) in [6, 6.07) is 0.123. The van der Waals surface area contributed by atoms with Crippen molar-refractivity contribution in [2.24, 2.45) is 0 Å². The van der Waals surface area contributed by atoms with E-state index in [1.54, 1.807) is 0 Å². The highest BCUT2D eigenvalue weighted by molar-refractivity contribution is 7.89. The Hall–Kier alpha value is -0.170. The Balaban J connectivity index is 1.59. The van der Waals surface area contributed by atoms with Crippen LogP contribution in [0, 0.1) is 0 Å². The lowest BCUT2D eigenvalue weighted by Gasteiger charge is -2.13. The highest BCUT2D eigenvalue weighted by Gasteiger charge is 2.21. The van der Waals surface area contributed by atoms with E-state index in [1.165, 1.54) is 12.8 Å². The number of ether oxygens (including phenoxy) is 1. The van der Waals surface area contributed by atoms with Crippen LogP contribution in [-0.2, 0) is 14.8 Å². The molecule has 0 aromatic rings. The molecule has 2 aliphatic rings. The third-order valence-electron chi connectivity index (χ3n) is 3.66. The maximum Gasteiger partial charge on any atom is 0.213 e. The first-order valence-electron chi connectivity index (χ1n) is 6.98. The molecule has 1 saturated carbocycles. The van der Waals surface area contributed by atoms with Crippen LogP contribution in [0.5, 0.6) is 0 Å². The van der Waals surface area contributed by atoms with Gasteiger partial charge in [-0.3, -0.25) is 0 Å². The third-order valence-corrected chi connectivity index (χ3v) is 5.15. The normalized spacial score (nSPS) is 25.9. The van der Waals surface area contributed by atoms with Gasteiger partial charge < -0.3 is 10.1 Å². The highest BCUT2D eigenvalue weighted by Crippen LogP contribution is 2.20. The molecule has 1 atom stereocenters. The number of nitrogens with one attached hydrogen (secondary N) is 2. The minimum absolute atomic E-state index is 0.123. The summed E-state index contributed by atoms with van der Waals surface area (Å²) in [4.78, 5) is 0. The monoisotopic (exact) mass is 276 g/mol. The maximum absolute atomic E-state index is 11.8. The summed E-state index contributed by atoms with van der Waals surface area (Å²) in [6.07, 6.45) is 7.11. The van der Waals surface area contributed by atoms with Crippen molar-refractivity contribution in [3.8, 4) is 0 Å². The van der Waals surface area contributed by atoms with Gasteiger partial charge in [0.1, 0.15) is 0 Å². The lowest BCUT2D eigenvalue weighted by molar-refractivity contribution is 0.0626. The Morgan fingerprint density at radius 3 is 2.61 bits per heavy atom. The van der Waals surface area contributed by atoms with Crippen molar-refractivity contribution >= 4 is 10.0 Å². The molecule has 1 unspecified atom stereocenters. The van der Waals surface area contributed by atoms with Gasteiger partial charge in [-0.1, -0.05) is 12.8 Å². The quantitative estimate of drug-likeness (QED) is 0.669. The fourth-order valence-electron chi connectivity index (χ4n) is 2.70. The second kappa shape index (κ2) is 6.84. The van der Waals surface area contributed by atoms with Gasteiger partial charge in [-0.25, -0.2) is 13.1 Å². The molecule has 106 valence electrons. The van der Waals surface area contributed by atoms with E-state index in [-0.39, 0.29) is 11.8 Å². The molecule has 0 amide bonds. The number of hydrogen-bond acceptors (Lipinski definition) is 4. The van der Waals surface area contributed by atoms with Crippen molar-refractivity contribution in [2.45, 2.75) is 50.7 Å². The fraction of sp³-hybridized carbons (Fsp3) is 1.00. The van der Waals surface area contributed by atoms with Crippen LogP contribution in [0.25, 0.3) is 0 Å². The van der Waals surface area contributed by atoms with Gasteiger partial charge in [0.25, 0.3) is 0 Å². The molecule has 2 rings (SSSR count). The Morgan fingerprint density at radius 2 is 1.94 bits per heavy atom. The number of hydrogen-bond donors (Lipinski definition) is 2. The maximum atomic E-state index is 11.8. The Morgan fingerprint density at radius 1 is 1.17 bits per heavy atom. The summed E-state index contributed by atoms with van der Waals surface area (Å²) in [6.45, 7) is 1.82. The molecule has 0 spiro atoms. The molecule has 0 radical (unpaired) electrons. The van der Waals surface area contributed by atoms with E-state index < -0.39 is 10.0 Å². The summed E-state index contributed by atoms with van der Waals surface area (Å²) in [5, 5.41) is 3.20. The molecule has 1 saturated heterocycles. The summed E-state index contributed by atoms with van der Waals surface area (Å²) in [5.41, 5.74) is 0. The van der Waals surface area contributed by atoms with Crippen LogP contribution in [0.4, 0.5) is 0 Å². The first-order chi connectivity index (χ1) is 8.66. The summed E-state index contributed by atoms with van der Waals surface area (Å²) < 4.78 is 31.8.